The molecule has 8 aromatic rings. The Morgan fingerprint density at radius 2 is 0.704 bits per heavy atom. The molecule has 0 N–H and O–H groups in total. The molecule has 0 radical (unpaired) electrons. The summed E-state index contributed by atoms with van der Waals surface area (Å²) in [5.74, 6) is 0.690. The molecule has 0 unspecified atom stereocenters. The Morgan fingerprint density at radius 3 is 1.15 bits per heavy atom. The molecule has 0 atom stereocenters. The minimum atomic E-state index is -0.875. The summed E-state index contributed by atoms with van der Waals surface area (Å²) in [7, 11) is 0. The molecule has 4 nitrogen and oxygen atoms in total. The highest BCUT2D eigenvalue weighted by molar-refractivity contribution is 5.82. The Kier molecular flexibility index (Phi) is 7.02. The van der Waals surface area contributed by atoms with Gasteiger partial charge < -0.3 is 0 Å². The third-order valence-corrected chi connectivity index (χ3v) is 11.2. The maximum Gasteiger partial charge on any atom is 0.149 e. The molecule has 1 heterocycles. The summed E-state index contributed by atoms with van der Waals surface area (Å²) in [5.41, 5.74) is 12.6. The normalized spacial score (nSPS) is 17.4. The molecule has 1 aromatic heterocycles. The van der Waals surface area contributed by atoms with E-state index in [1.54, 1.807) is 6.07 Å². The summed E-state index contributed by atoms with van der Waals surface area (Å²) in [6.45, 7) is 0. The van der Waals surface area contributed by atoms with Crippen molar-refractivity contribution in [2.75, 3.05) is 0 Å². The van der Waals surface area contributed by atoms with Crippen LogP contribution in [0.1, 0.15) is 55.9 Å². The van der Waals surface area contributed by atoms with Crippen molar-refractivity contribution < 1.29 is 0 Å². The van der Waals surface area contributed by atoms with Gasteiger partial charge in [0.25, 0.3) is 0 Å². The predicted octanol–water partition coefficient (Wildman–Crippen LogP) is 10.6. The van der Waals surface area contributed by atoms with Crippen molar-refractivity contribution >= 4 is 0 Å². The Morgan fingerprint density at radius 1 is 0.352 bits per heavy atom. The lowest BCUT2D eigenvalue weighted by Crippen LogP contribution is -2.52. The quantitative estimate of drug-likeness (QED) is 0.181. The van der Waals surface area contributed by atoms with Crippen LogP contribution >= 0.6 is 0 Å². The van der Waals surface area contributed by atoms with Crippen LogP contribution in [0.4, 0.5) is 0 Å². The first-order valence-electron chi connectivity index (χ1n) is 18.0. The molecule has 0 amide bonds. The molecule has 0 fully saturated rings. The van der Waals surface area contributed by atoms with E-state index in [9.17, 15) is 10.5 Å². The largest absolute Gasteiger partial charge is 0.231 e. The van der Waals surface area contributed by atoms with E-state index in [4.69, 9.17) is 9.97 Å². The zero-order valence-corrected chi connectivity index (χ0v) is 29.1. The lowest BCUT2D eigenvalue weighted by Gasteiger charge is -2.56. The van der Waals surface area contributed by atoms with Crippen molar-refractivity contribution in [1.29, 1.82) is 10.5 Å². The second-order valence-corrected chi connectivity index (χ2v) is 13.9. The molecule has 0 saturated carbocycles. The van der Waals surface area contributed by atoms with Gasteiger partial charge in [-0.1, -0.05) is 158 Å². The van der Waals surface area contributed by atoms with Gasteiger partial charge in [-0.3, -0.25) is 0 Å². The maximum atomic E-state index is 10.2. The van der Waals surface area contributed by atoms with E-state index in [0.717, 1.165) is 72.6 Å². The van der Waals surface area contributed by atoms with Gasteiger partial charge >= 0.3 is 0 Å². The van der Waals surface area contributed by atoms with Crippen molar-refractivity contribution in [3.63, 3.8) is 0 Å². The lowest BCUT2D eigenvalue weighted by atomic mass is 9.45. The monoisotopic (exact) mass is 686 g/mol. The van der Waals surface area contributed by atoms with E-state index in [-0.39, 0.29) is 0 Å². The number of aromatic nitrogens is 2. The minimum absolute atomic E-state index is 0.454. The Labute approximate surface area is 314 Å². The van der Waals surface area contributed by atoms with Crippen LogP contribution in [0.25, 0.3) is 33.6 Å². The van der Waals surface area contributed by atoms with Gasteiger partial charge in [-0.15, -0.1) is 0 Å². The molecule has 3 aliphatic rings. The molecule has 3 aliphatic carbocycles. The van der Waals surface area contributed by atoms with Crippen LogP contribution in [0.3, 0.4) is 0 Å². The van der Waals surface area contributed by atoms with E-state index in [0.29, 0.717) is 17.0 Å². The molecule has 0 spiro atoms. The van der Waals surface area contributed by atoms with Gasteiger partial charge in [0.05, 0.1) is 40.1 Å². The average molecular weight is 687 g/mol. The second kappa shape index (κ2) is 12.1. The zero-order chi connectivity index (χ0) is 36.3. The predicted molar refractivity (Wildman–Crippen MR) is 212 cm³/mol. The summed E-state index contributed by atoms with van der Waals surface area (Å²) in [6.07, 6.45) is 0. The van der Waals surface area contributed by atoms with Crippen LogP contribution in [-0.2, 0) is 10.8 Å². The number of hydrogen-bond donors (Lipinski definition) is 0. The van der Waals surface area contributed by atoms with E-state index < -0.39 is 10.8 Å². The van der Waals surface area contributed by atoms with Gasteiger partial charge in [0.2, 0.25) is 0 Å². The molecule has 2 bridgehead atoms. The number of nitrogens with zero attached hydrogens (tertiary/aromatic N) is 4. The second-order valence-electron chi connectivity index (χ2n) is 13.9. The van der Waals surface area contributed by atoms with E-state index in [2.05, 4.69) is 152 Å². The van der Waals surface area contributed by atoms with Crippen LogP contribution < -0.4 is 0 Å². The van der Waals surface area contributed by atoms with Crippen molar-refractivity contribution in [3.05, 3.63) is 238 Å². The third kappa shape index (κ3) is 4.35. The van der Waals surface area contributed by atoms with Gasteiger partial charge in [0.1, 0.15) is 11.2 Å². The number of rotatable bonds is 5. The SMILES string of the molecule is N#Cc1cc(C#N)cc(C23c4ccccc4C(c4nc(-c5ccccc5)cc(-c5ccc(-c6ccccc6)cc5)n4)(c4ccccc42)c2ccccc23)c1. The van der Waals surface area contributed by atoms with Gasteiger partial charge in [0, 0.05) is 11.1 Å². The minimum Gasteiger partial charge on any atom is -0.231 e. The fraction of sp³-hybridized carbons (Fsp3) is 0.0400. The molecule has 7 aromatic carbocycles. The highest BCUT2D eigenvalue weighted by Gasteiger charge is 2.61. The van der Waals surface area contributed by atoms with Gasteiger partial charge in [-0.25, -0.2) is 9.97 Å². The number of nitriles is 2. The third-order valence-electron chi connectivity index (χ3n) is 11.2. The van der Waals surface area contributed by atoms with Gasteiger partial charge in [-0.05, 0) is 74.3 Å². The first-order chi connectivity index (χ1) is 26.7. The first kappa shape index (κ1) is 31.3. The molecule has 0 aliphatic heterocycles. The van der Waals surface area contributed by atoms with E-state index in [1.807, 2.05) is 36.4 Å². The lowest BCUT2D eigenvalue weighted by molar-refractivity contribution is 0.536. The summed E-state index contributed by atoms with van der Waals surface area (Å²) < 4.78 is 0. The fourth-order valence-corrected chi connectivity index (χ4v) is 9.07. The number of hydrogen-bond acceptors (Lipinski definition) is 4. The van der Waals surface area contributed by atoms with Crippen molar-refractivity contribution in [2.45, 2.75) is 10.8 Å². The maximum absolute atomic E-state index is 10.2. The Bertz CT molecular complexity index is 2690. The van der Waals surface area contributed by atoms with Crippen molar-refractivity contribution in [2.24, 2.45) is 0 Å². The molecule has 11 rings (SSSR count). The van der Waals surface area contributed by atoms with E-state index in [1.165, 1.54) is 0 Å². The highest BCUT2D eigenvalue weighted by Crippen LogP contribution is 2.65. The van der Waals surface area contributed by atoms with Crippen molar-refractivity contribution in [3.8, 4) is 45.8 Å². The zero-order valence-electron chi connectivity index (χ0n) is 29.1. The first-order valence-corrected chi connectivity index (χ1v) is 18.0. The molecule has 54 heavy (non-hydrogen) atoms. The summed E-state index contributed by atoms with van der Waals surface area (Å²) >= 11 is 0. The Balaban J connectivity index is 1.30. The number of benzene rings is 7. The molecular weight excluding hydrogens is 657 g/mol. The van der Waals surface area contributed by atoms with Gasteiger partial charge in [0.15, 0.2) is 0 Å². The fourth-order valence-electron chi connectivity index (χ4n) is 9.07. The molecule has 250 valence electrons. The summed E-state index contributed by atoms with van der Waals surface area (Å²) in [5, 5.41) is 20.3. The average Bonchev–Trinajstić information content (AvgIpc) is 3.26. The molecular formula is C50H30N4. The molecule has 4 heteroatoms. The van der Waals surface area contributed by atoms with Crippen LogP contribution in [0.2, 0.25) is 0 Å². The van der Waals surface area contributed by atoms with Crippen LogP contribution in [0.15, 0.2) is 182 Å². The molecule has 0 saturated heterocycles. The van der Waals surface area contributed by atoms with Crippen molar-refractivity contribution in [1.82, 2.24) is 9.97 Å². The standard InChI is InChI=1S/C50H30N4/c51-31-33-27-34(32-52)29-39(28-33)49-40-17-7-10-20-43(40)50(44-21-11-8-18-41(44)49,45-22-12-9-19-42(45)49)48-53-46(37-15-5-2-6-16-37)30-47(54-48)38-25-23-36(24-26-38)35-13-3-1-4-14-35/h1-30H. The van der Waals surface area contributed by atoms with Crippen LogP contribution in [0, 0.1) is 22.7 Å². The van der Waals surface area contributed by atoms with Gasteiger partial charge in [-0.2, -0.15) is 10.5 Å². The van der Waals surface area contributed by atoms with E-state index >= 15 is 0 Å². The van der Waals surface area contributed by atoms with Crippen LogP contribution in [0.5, 0.6) is 0 Å². The summed E-state index contributed by atoms with van der Waals surface area (Å²) in [6, 6.07) is 67.4. The topological polar surface area (TPSA) is 73.4 Å². The smallest absolute Gasteiger partial charge is 0.149 e. The highest BCUT2D eigenvalue weighted by atomic mass is 14.9. The summed E-state index contributed by atoms with van der Waals surface area (Å²) in [4.78, 5) is 11.1. The Hall–Kier alpha value is -7.40. The van der Waals surface area contributed by atoms with Crippen LogP contribution in [-0.4, -0.2) is 9.97 Å².